The minimum atomic E-state index is -3.42. The van der Waals surface area contributed by atoms with E-state index in [1.165, 1.54) is 6.07 Å². The zero-order chi connectivity index (χ0) is 15.3. The molecule has 6 nitrogen and oxygen atoms in total. The number of hydrogen-bond acceptors (Lipinski definition) is 6. The molecule has 7 heteroatoms. The van der Waals surface area contributed by atoms with Crippen LogP contribution >= 0.6 is 0 Å². The summed E-state index contributed by atoms with van der Waals surface area (Å²) in [5.74, 6) is 1.04. The van der Waals surface area contributed by atoms with Crippen LogP contribution in [0, 0.1) is 0 Å². The van der Waals surface area contributed by atoms with E-state index < -0.39 is 9.84 Å². The van der Waals surface area contributed by atoms with Crippen molar-refractivity contribution in [3.05, 3.63) is 18.2 Å². The molecular formula is C14H21NO5S. The molecule has 1 atom stereocenters. The number of fused-ring (bicyclic) bond motifs is 1. The number of likely N-dealkylation sites (N-methyl/N-ethyl adjacent to an activating group) is 1. The molecule has 1 aliphatic rings. The van der Waals surface area contributed by atoms with Gasteiger partial charge in [0, 0.05) is 19.2 Å². The molecule has 0 amide bonds. The van der Waals surface area contributed by atoms with Crippen molar-refractivity contribution < 1.29 is 22.6 Å². The number of ether oxygens (including phenoxy) is 3. The fourth-order valence-corrected chi connectivity index (χ4v) is 3.73. The van der Waals surface area contributed by atoms with E-state index in [1.54, 1.807) is 19.2 Å². The lowest BCUT2D eigenvalue weighted by molar-refractivity contribution is 0.171. The van der Waals surface area contributed by atoms with E-state index in [-0.39, 0.29) is 16.7 Å². The van der Waals surface area contributed by atoms with Gasteiger partial charge in [0.2, 0.25) is 0 Å². The molecule has 1 unspecified atom stereocenters. The summed E-state index contributed by atoms with van der Waals surface area (Å²) in [5, 5.41) is 3.11. The minimum Gasteiger partial charge on any atom is -0.486 e. The standard InChI is InChI=1S/C14H21NO5S/c1-3-15-11(9-18-2)10-21(16,17)12-4-5-13-14(8-12)20-7-6-19-13/h4-5,8,11,15H,3,6-7,9-10H2,1-2H3. The van der Waals surface area contributed by atoms with E-state index >= 15 is 0 Å². The van der Waals surface area contributed by atoms with Crippen molar-refractivity contribution in [2.24, 2.45) is 0 Å². The molecule has 118 valence electrons. The normalized spacial score (nSPS) is 15.7. The Hall–Kier alpha value is -1.31. The second-order valence-corrected chi connectivity index (χ2v) is 6.83. The van der Waals surface area contributed by atoms with E-state index in [0.29, 0.717) is 37.9 Å². The number of rotatable bonds is 7. The van der Waals surface area contributed by atoms with E-state index in [2.05, 4.69) is 5.32 Å². The Balaban J connectivity index is 2.18. The van der Waals surface area contributed by atoms with Crippen molar-refractivity contribution >= 4 is 9.84 Å². The monoisotopic (exact) mass is 315 g/mol. The molecule has 21 heavy (non-hydrogen) atoms. The molecule has 0 radical (unpaired) electrons. The summed E-state index contributed by atoms with van der Waals surface area (Å²) in [4.78, 5) is 0.241. The summed E-state index contributed by atoms with van der Waals surface area (Å²) >= 11 is 0. The third-order valence-corrected chi connectivity index (χ3v) is 4.97. The van der Waals surface area contributed by atoms with Gasteiger partial charge in [0.15, 0.2) is 21.3 Å². The van der Waals surface area contributed by atoms with Crippen LogP contribution in [0.15, 0.2) is 23.1 Å². The predicted molar refractivity (Wildman–Crippen MR) is 78.8 cm³/mol. The van der Waals surface area contributed by atoms with Gasteiger partial charge in [0.05, 0.1) is 17.3 Å². The van der Waals surface area contributed by atoms with Crippen molar-refractivity contribution in [2.45, 2.75) is 17.9 Å². The van der Waals surface area contributed by atoms with Gasteiger partial charge >= 0.3 is 0 Å². The molecule has 1 heterocycles. The van der Waals surface area contributed by atoms with Crippen LogP contribution in [-0.4, -0.2) is 53.7 Å². The summed E-state index contributed by atoms with van der Waals surface area (Å²) in [7, 11) is -1.86. The first-order chi connectivity index (χ1) is 10.1. The quantitative estimate of drug-likeness (QED) is 0.804. The average molecular weight is 315 g/mol. The molecule has 1 N–H and O–H groups in total. The topological polar surface area (TPSA) is 73.9 Å². The van der Waals surface area contributed by atoms with Crippen LogP contribution in [0.1, 0.15) is 6.92 Å². The van der Waals surface area contributed by atoms with Crippen LogP contribution in [-0.2, 0) is 14.6 Å². The lowest BCUT2D eigenvalue weighted by atomic mass is 10.3. The Kier molecular flexibility index (Phi) is 5.44. The van der Waals surface area contributed by atoms with E-state index in [4.69, 9.17) is 14.2 Å². The van der Waals surface area contributed by atoms with Gasteiger partial charge in [0.25, 0.3) is 0 Å². The van der Waals surface area contributed by atoms with E-state index in [1.807, 2.05) is 6.92 Å². The number of benzene rings is 1. The van der Waals surface area contributed by atoms with Gasteiger partial charge in [-0.2, -0.15) is 0 Å². The fraction of sp³-hybridized carbons (Fsp3) is 0.571. The number of hydrogen-bond donors (Lipinski definition) is 1. The van der Waals surface area contributed by atoms with E-state index in [9.17, 15) is 8.42 Å². The molecule has 0 fully saturated rings. The van der Waals surface area contributed by atoms with E-state index in [0.717, 1.165) is 0 Å². The van der Waals surface area contributed by atoms with Gasteiger partial charge in [-0.15, -0.1) is 0 Å². The van der Waals surface area contributed by atoms with Crippen molar-refractivity contribution in [3.63, 3.8) is 0 Å². The highest BCUT2D eigenvalue weighted by Crippen LogP contribution is 2.32. The minimum absolute atomic E-state index is 0.0195. The summed E-state index contributed by atoms with van der Waals surface area (Å²) in [5.41, 5.74) is 0. The molecule has 0 saturated carbocycles. The molecule has 1 aromatic carbocycles. The summed E-state index contributed by atoms with van der Waals surface area (Å²) in [6, 6.07) is 4.48. The molecule has 0 aliphatic carbocycles. The predicted octanol–water partition coefficient (Wildman–Crippen LogP) is 0.856. The molecule has 0 spiro atoms. The summed E-state index contributed by atoms with van der Waals surface area (Å²) in [6.45, 7) is 3.87. The molecule has 2 rings (SSSR count). The molecule has 0 bridgehead atoms. The SMILES string of the molecule is CCNC(COC)CS(=O)(=O)c1ccc2c(c1)OCCO2. The largest absolute Gasteiger partial charge is 0.486 e. The third kappa shape index (κ3) is 4.09. The number of sulfone groups is 1. The zero-order valence-corrected chi connectivity index (χ0v) is 13.1. The second-order valence-electron chi connectivity index (χ2n) is 4.80. The molecule has 1 aliphatic heterocycles. The Morgan fingerprint density at radius 1 is 1.29 bits per heavy atom. The van der Waals surface area contributed by atoms with Crippen LogP contribution in [0.2, 0.25) is 0 Å². The maximum atomic E-state index is 12.5. The fourth-order valence-electron chi connectivity index (χ4n) is 2.23. The maximum absolute atomic E-state index is 12.5. The van der Waals surface area contributed by atoms with Gasteiger partial charge < -0.3 is 19.5 Å². The van der Waals surface area contributed by atoms with Crippen molar-refractivity contribution in [1.82, 2.24) is 5.32 Å². The van der Waals surface area contributed by atoms with Crippen molar-refractivity contribution in [2.75, 3.05) is 39.2 Å². The molecule has 0 aromatic heterocycles. The van der Waals surface area contributed by atoms with Gasteiger partial charge in [0.1, 0.15) is 13.2 Å². The zero-order valence-electron chi connectivity index (χ0n) is 12.3. The van der Waals surface area contributed by atoms with Crippen LogP contribution in [0.25, 0.3) is 0 Å². The molecule has 1 aromatic rings. The highest BCUT2D eigenvalue weighted by atomic mass is 32.2. The van der Waals surface area contributed by atoms with Crippen molar-refractivity contribution in [3.8, 4) is 11.5 Å². The molecular weight excluding hydrogens is 294 g/mol. The molecule has 0 saturated heterocycles. The summed E-state index contributed by atoms with van der Waals surface area (Å²) < 4.78 is 40.9. The van der Waals surface area contributed by atoms with Gasteiger partial charge in [-0.1, -0.05) is 6.92 Å². The van der Waals surface area contributed by atoms with Crippen LogP contribution in [0.3, 0.4) is 0 Å². The summed E-state index contributed by atoms with van der Waals surface area (Å²) in [6.07, 6.45) is 0. The smallest absolute Gasteiger partial charge is 0.180 e. The first-order valence-corrected chi connectivity index (χ1v) is 8.56. The van der Waals surface area contributed by atoms with Crippen molar-refractivity contribution in [1.29, 1.82) is 0 Å². The van der Waals surface area contributed by atoms with Gasteiger partial charge in [-0.3, -0.25) is 0 Å². The Labute approximate surface area is 125 Å². The lowest BCUT2D eigenvalue weighted by Crippen LogP contribution is -2.39. The third-order valence-electron chi connectivity index (χ3n) is 3.15. The van der Waals surface area contributed by atoms with Crippen LogP contribution in [0.5, 0.6) is 11.5 Å². The number of nitrogens with one attached hydrogen (secondary N) is 1. The highest BCUT2D eigenvalue weighted by molar-refractivity contribution is 7.91. The van der Waals surface area contributed by atoms with Gasteiger partial charge in [-0.25, -0.2) is 8.42 Å². The maximum Gasteiger partial charge on any atom is 0.180 e. The first kappa shape index (κ1) is 16.1. The average Bonchev–Trinajstić information content (AvgIpc) is 2.47. The van der Waals surface area contributed by atoms with Crippen LogP contribution in [0.4, 0.5) is 0 Å². The first-order valence-electron chi connectivity index (χ1n) is 6.91. The van der Waals surface area contributed by atoms with Gasteiger partial charge in [-0.05, 0) is 18.7 Å². The second kappa shape index (κ2) is 7.11. The van der Waals surface area contributed by atoms with Crippen LogP contribution < -0.4 is 14.8 Å². The Morgan fingerprint density at radius 3 is 2.67 bits per heavy atom. The number of methoxy groups -OCH3 is 1. The Morgan fingerprint density at radius 2 is 2.00 bits per heavy atom. The highest BCUT2D eigenvalue weighted by Gasteiger charge is 2.23. The Bertz CT molecular complexity index is 567. The lowest BCUT2D eigenvalue weighted by Gasteiger charge is -2.20.